The van der Waals surface area contributed by atoms with E-state index in [0.29, 0.717) is 16.1 Å². The van der Waals surface area contributed by atoms with Crippen molar-refractivity contribution in [1.29, 1.82) is 0 Å². The molecule has 28 heavy (non-hydrogen) atoms. The van der Waals surface area contributed by atoms with E-state index in [-0.39, 0.29) is 5.91 Å². The first kappa shape index (κ1) is 18.1. The first-order chi connectivity index (χ1) is 13.5. The summed E-state index contributed by atoms with van der Waals surface area (Å²) in [6, 6.07) is 22.5. The Morgan fingerprint density at radius 3 is 2.39 bits per heavy atom. The summed E-state index contributed by atoms with van der Waals surface area (Å²) in [5, 5.41) is 2.90. The maximum absolute atomic E-state index is 12.5. The molecular formula is C22H19N3O2S. The Balaban J connectivity index is 1.62. The maximum Gasteiger partial charge on any atom is 0.255 e. The lowest BCUT2D eigenvalue weighted by Gasteiger charge is -2.08. The molecule has 1 atom stereocenters. The van der Waals surface area contributed by atoms with Crippen LogP contribution in [0, 0.1) is 6.92 Å². The molecule has 1 heterocycles. The molecule has 0 spiro atoms. The highest BCUT2D eigenvalue weighted by Crippen LogP contribution is 2.24. The van der Waals surface area contributed by atoms with Crippen LogP contribution in [-0.4, -0.2) is 25.9 Å². The Labute approximate surface area is 165 Å². The van der Waals surface area contributed by atoms with Crippen LogP contribution >= 0.6 is 0 Å². The molecule has 0 fully saturated rings. The number of hydrogen-bond acceptors (Lipinski definition) is 3. The molecule has 0 unspecified atom stereocenters. The van der Waals surface area contributed by atoms with Gasteiger partial charge < -0.3 is 5.32 Å². The van der Waals surface area contributed by atoms with Gasteiger partial charge in [0, 0.05) is 38.9 Å². The quantitative estimate of drug-likeness (QED) is 0.565. The molecule has 0 saturated carbocycles. The van der Waals surface area contributed by atoms with Crippen molar-refractivity contribution in [2.75, 3.05) is 11.6 Å². The van der Waals surface area contributed by atoms with Crippen LogP contribution in [0.15, 0.2) is 77.7 Å². The molecule has 3 aromatic carbocycles. The number of imidazole rings is 1. The minimum absolute atomic E-state index is 0.216. The van der Waals surface area contributed by atoms with Crippen LogP contribution in [0.3, 0.4) is 0 Å². The largest absolute Gasteiger partial charge is 0.322 e. The standard InChI is InChI=1S/C22H19N3O2S/c1-15-23-20-14-17(10-13-21(20)25(15)18-6-4-3-5-7-18)24-22(26)16-8-11-19(12-9-16)28(2)27/h3-14H,1-2H3,(H,24,26)/t28-/m0/s1. The second-order valence-corrected chi connectivity index (χ2v) is 7.85. The summed E-state index contributed by atoms with van der Waals surface area (Å²) < 4.78 is 13.6. The number of nitrogens with one attached hydrogen (secondary N) is 1. The number of aromatic nitrogens is 2. The van der Waals surface area contributed by atoms with Crippen molar-refractivity contribution in [2.45, 2.75) is 11.8 Å². The van der Waals surface area contributed by atoms with Crippen molar-refractivity contribution >= 4 is 33.4 Å². The zero-order valence-electron chi connectivity index (χ0n) is 15.5. The zero-order valence-corrected chi connectivity index (χ0v) is 16.4. The first-order valence-electron chi connectivity index (χ1n) is 8.82. The molecule has 0 bridgehead atoms. The Hall–Kier alpha value is -3.25. The van der Waals surface area contributed by atoms with Crippen LogP contribution in [0.25, 0.3) is 16.7 Å². The Bertz CT molecular complexity index is 1180. The molecule has 0 aliphatic carbocycles. The monoisotopic (exact) mass is 389 g/mol. The molecular weight excluding hydrogens is 370 g/mol. The van der Waals surface area contributed by atoms with E-state index in [9.17, 15) is 9.00 Å². The topological polar surface area (TPSA) is 64.0 Å². The average molecular weight is 389 g/mol. The number of nitrogens with zero attached hydrogens (tertiary/aromatic N) is 2. The van der Waals surface area contributed by atoms with Crippen LogP contribution in [0.1, 0.15) is 16.2 Å². The molecule has 0 radical (unpaired) electrons. The zero-order chi connectivity index (χ0) is 19.7. The average Bonchev–Trinajstić information content (AvgIpc) is 3.03. The van der Waals surface area contributed by atoms with Gasteiger partial charge in [0.15, 0.2) is 0 Å². The lowest BCUT2D eigenvalue weighted by atomic mass is 10.2. The van der Waals surface area contributed by atoms with Gasteiger partial charge in [-0.05, 0) is 61.5 Å². The normalized spacial score (nSPS) is 12.1. The van der Waals surface area contributed by atoms with E-state index in [1.807, 2.05) is 55.5 Å². The molecule has 4 rings (SSSR count). The Morgan fingerprint density at radius 2 is 1.71 bits per heavy atom. The van der Waals surface area contributed by atoms with E-state index in [0.717, 1.165) is 22.5 Å². The Morgan fingerprint density at radius 1 is 1.00 bits per heavy atom. The van der Waals surface area contributed by atoms with E-state index in [2.05, 4.69) is 14.9 Å². The van der Waals surface area contributed by atoms with Gasteiger partial charge in [0.25, 0.3) is 5.91 Å². The third-order valence-corrected chi connectivity index (χ3v) is 5.48. The summed E-state index contributed by atoms with van der Waals surface area (Å²) in [6.45, 7) is 1.96. The van der Waals surface area contributed by atoms with Crippen molar-refractivity contribution in [3.05, 3.63) is 84.2 Å². The van der Waals surface area contributed by atoms with Gasteiger partial charge in [-0.1, -0.05) is 18.2 Å². The van der Waals surface area contributed by atoms with Gasteiger partial charge in [-0.15, -0.1) is 0 Å². The van der Waals surface area contributed by atoms with Crippen LogP contribution in [0.5, 0.6) is 0 Å². The van der Waals surface area contributed by atoms with E-state index in [1.165, 1.54) is 0 Å². The molecule has 6 heteroatoms. The van der Waals surface area contributed by atoms with E-state index in [1.54, 1.807) is 30.5 Å². The predicted molar refractivity (Wildman–Crippen MR) is 113 cm³/mol. The van der Waals surface area contributed by atoms with Crippen LogP contribution in [0.4, 0.5) is 5.69 Å². The number of hydrogen-bond donors (Lipinski definition) is 1. The molecule has 1 N–H and O–H groups in total. The molecule has 1 aromatic heterocycles. The highest BCUT2D eigenvalue weighted by molar-refractivity contribution is 7.84. The van der Waals surface area contributed by atoms with E-state index < -0.39 is 10.8 Å². The van der Waals surface area contributed by atoms with Gasteiger partial charge in [-0.3, -0.25) is 13.6 Å². The number of carbonyl (C=O) groups excluding carboxylic acids is 1. The fourth-order valence-electron chi connectivity index (χ4n) is 3.18. The molecule has 140 valence electrons. The van der Waals surface area contributed by atoms with Crippen LogP contribution in [-0.2, 0) is 10.8 Å². The minimum atomic E-state index is -1.06. The van der Waals surface area contributed by atoms with Gasteiger partial charge in [-0.2, -0.15) is 0 Å². The second-order valence-electron chi connectivity index (χ2n) is 6.47. The minimum Gasteiger partial charge on any atom is -0.322 e. The Kier molecular flexibility index (Phi) is 4.79. The highest BCUT2D eigenvalue weighted by atomic mass is 32.2. The predicted octanol–water partition coefficient (Wildman–Crippen LogP) is 4.32. The number of amides is 1. The van der Waals surface area contributed by atoms with Gasteiger partial charge in [0.05, 0.1) is 11.0 Å². The summed E-state index contributed by atoms with van der Waals surface area (Å²) in [6.07, 6.45) is 1.61. The number of fused-ring (bicyclic) bond motifs is 1. The van der Waals surface area contributed by atoms with Crippen molar-refractivity contribution in [3.8, 4) is 5.69 Å². The maximum atomic E-state index is 12.5. The van der Waals surface area contributed by atoms with Crippen molar-refractivity contribution < 1.29 is 9.00 Å². The fourth-order valence-corrected chi connectivity index (χ4v) is 3.70. The van der Waals surface area contributed by atoms with E-state index in [4.69, 9.17) is 0 Å². The van der Waals surface area contributed by atoms with Gasteiger partial charge >= 0.3 is 0 Å². The molecule has 1 amide bonds. The number of aryl methyl sites for hydroxylation is 1. The summed E-state index contributed by atoms with van der Waals surface area (Å²) in [7, 11) is -1.06. The second kappa shape index (κ2) is 7.40. The smallest absolute Gasteiger partial charge is 0.255 e. The van der Waals surface area contributed by atoms with E-state index >= 15 is 0 Å². The first-order valence-corrected chi connectivity index (χ1v) is 10.4. The molecule has 5 nitrogen and oxygen atoms in total. The van der Waals surface area contributed by atoms with Crippen LogP contribution < -0.4 is 5.32 Å². The number of carbonyl (C=O) groups is 1. The van der Waals surface area contributed by atoms with Crippen molar-refractivity contribution in [3.63, 3.8) is 0 Å². The summed E-state index contributed by atoms with van der Waals surface area (Å²) in [4.78, 5) is 17.8. The number of benzene rings is 3. The molecule has 0 aliphatic heterocycles. The van der Waals surface area contributed by atoms with Gasteiger partial charge in [0.2, 0.25) is 0 Å². The lowest BCUT2D eigenvalue weighted by molar-refractivity contribution is 0.102. The van der Waals surface area contributed by atoms with Gasteiger partial charge in [0.1, 0.15) is 5.82 Å². The summed E-state index contributed by atoms with van der Waals surface area (Å²) in [5.74, 6) is 0.667. The molecule has 0 aliphatic rings. The van der Waals surface area contributed by atoms with Crippen molar-refractivity contribution in [1.82, 2.24) is 9.55 Å². The highest BCUT2D eigenvalue weighted by Gasteiger charge is 2.12. The van der Waals surface area contributed by atoms with Crippen LogP contribution in [0.2, 0.25) is 0 Å². The van der Waals surface area contributed by atoms with Gasteiger partial charge in [-0.25, -0.2) is 4.98 Å². The lowest BCUT2D eigenvalue weighted by Crippen LogP contribution is -2.11. The summed E-state index contributed by atoms with van der Waals surface area (Å²) >= 11 is 0. The SMILES string of the molecule is Cc1nc2cc(NC(=O)c3ccc([S@](C)=O)cc3)ccc2n1-c1ccccc1. The van der Waals surface area contributed by atoms with Crippen molar-refractivity contribution in [2.24, 2.45) is 0 Å². The fraction of sp³-hybridized carbons (Fsp3) is 0.0909. The molecule has 4 aromatic rings. The third kappa shape index (κ3) is 3.46. The molecule has 0 saturated heterocycles. The summed E-state index contributed by atoms with van der Waals surface area (Å²) in [5.41, 5.74) is 4.04. The number of anilines is 1. The number of para-hydroxylation sites is 1. The third-order valence-electron chi connectivity index (χ3n) is 4.54. The number of rotatable bonds is 4.